The number of aromatic nitrogens is 4. The number of para-hydroxylation sites is 1. The van der Waals surface area contributed by atoms with Crippen LogP contribution < -0.4 is 10.4 Å². The van der Waals surface area contributed by atoms with Gasteiger partial charge in [-0.15, -0.1) is 0 Å². The molecule has 1 heterocycles. The number of benzene rings is 3. The molecule has 0 saturated carbocycles. The largest absolute Gasteiger partial charge is 0.489 e. The van der Waals surface area contributed by atoms with E-state index >= 15 is 0 Å². The molecule has 4 aromatic rings. The summed E-state index contributed by atoms with van der Waals surface area (Å²) in [5, 5.41) is 12.6. The van der Waals surface area contributed by atoms with Crippen molar-refractivity contribution in [3.8, 4) is 11.4 Å². The SMILES string of the molecule is CC(=NOCc1ccccc1Cl)c1ccc(OCc2ccccc2-n2nnn(C)c2=O)c(C)c1. The Hall–Kier alpha value is -3.91. The van der Waals surface area contributed by atoms with Gasteiger partial charge in [0.05, 0.1) is 11.4 Å². The molecule has 1 aromatic heterocycles. The molecule has 0 spiro atoms. The van der Waals surface area contributed by atoms with Gasteiger partial charge in [0.25, 0.3) is 0 Å². The van der Waals surface area contributed by atoms with Gasteiger partial charge in [-0.25, -0.2) is 4.79 Å². The second-order valence-corrected chi connectivity index (χ2v) is 8.14. The van der Waals surface area contributed by atoms with Crippen LogP contribution in [0, 0.1) is 6.92 Å². The van der Waals surface area contributed by atoms with E-state index in [4.69, 9.17) is 21.2 Å². The van der Waals surface area contributed by atoms with E-state index in [-0.39, 0.29) is 12.3 Å². The molecule has 174 valence electrons. The van der Waals surface area contributed by atoms with Crippen LogP contribution >= 0.6 is 11.6 Å². The molecule has 0 N–H and O–H groups in total. The van der Waals surface area contributed by atoms with Crippen molar-refractivity contribution in [3.05, 3.63) is 104 Å². The molecule has 0 aliphatic rings. The normalized spacial score (nSPS) is 11.5. The Balaban J connectivity index is 1.44. The number of halogens is 1. The van der Waals surface area contributed by atoms with Crippen molar-refractivity contribution in [2.24, 2.45) is 12.2 Å². The highest BCUT2D eigenvalue weighted by atomic mass is 35.5. The summed E-state index contributed by atoms with van der Waals surface area (Å²) in [6.07, 6.45) is 0. The second-order valence-electron chi connectivity index (χ2n) is 7.74. The summed E-state index contributed by atoms with van der Waals surface area (Å²) < 4.78 is 8.51. The number of hydrogen-bond acceptors (Lipinski definition) is 6. The van der Waals surface area contributed by atoms with Crippen molar-refractivity contribution in [1.29, 1.82) is 0 Å². The van der Waals surface area contributed by atoms with E-state index in [0.29, 0.717) is 17.3 Å². The van der Waals surface area contributed by atoms with Crippen molar-refractivity contribution in [3.63, 3.8) is 0 Å². The monoisotopic (exact) mass is 477 g/mol. The lowest BCUT2D eigenvalue weighted by molar-refractivity contribution is 0.130. The molecule has 34 heavy (non-hydrogen) atoms. The highest BCUT2D eigenvalue weighted by Crippen LogP contribution is 2.23. The van der Waals surface area contributed by atoms with E-state index in [0.717, 1.165) is 33.7 Å². The molecule has 0 amide bonds. The number of rotatable bonds is 8. The number of hydrogen-bond donors (Lipinski definition) is 0. The second kappa shape index (κ2) is 10.4. The highest BCUT2D eigenvalue weighted by Gasteiger charge is 2.12. The van der Waals surface area contributed by atoms with Gasteiger partial charge in [0.1, 0.15) is 19.0 Å². The molecular weight excluding hydrogens is 454 g/mol. The van der Waals surface area contributed by atoms with Crippen molar-refractivity contribution in [2.45, 2.75) is 27.1 Å². The predicted octanol–water partition coefficient (Wildman–Crippen LogP) is 4.45. The summed E-state index contributed by atoms with van der Waals surface area (Å²) >= 11 is 6.16. The first-order valence-electron chi connectivity index (χ1n) is 10.6. The summed E-state index contributed by atoms with van der Waals surface area (Å²) in [5.74, 6) is 0.731. The number of aryl methyl sites for hydroxylation is 2. The molecule has 3 aromatic carbocycles. The quantitative estimate of drug-likeness (QED) is 0.276. The van der Waals surface area contributed by atoms with Crippen molar-refractivity contribution in [2.75, 3.05) is 0 Å². The molecule has 0 fully saturated rings. The number of oxime groups is 1. The predicted molar refractivity (Wildman–Crippen MR) is 131 cm³/mol. The molecule has 0 saturated heterocycles. The number of tetrazole rings is 1. The van der Waals surface area contributed by atoms with Crippen LogP contribution in [0.25, 0.3) is 5.69 Å². The third-order valence-corrected chi connectivity index (χ3v) is 5.67. The van der Waals surface area contributed by atoms with E-state index in [9.17, 15) is 4.79 Å². The molecular formula is C25H24ClN5O3. The maximum Gasteiger partial charge on any atom is 0.368 e. The van der Waals surface area contributed by atoms with Crippen LogP contribution in [0.5, 0.6) is 5.75 Å². The summed E-state index contributed by atoms with van der Waals surface area (Å²) in [7, 11) is 1.56. The first kappa shape index (κ1) is 23.3. The molecule has 9 heteroatoms. The fourth-order valence-electron chi connectivity index (χ4n) is 3.36. The van der Waals surface area contributed by atoms with Gasteiger partial charge in [-0.1, -0.05) is 53.2 Å². The zero-order chi connectivity index (χ0) is 24.1. The Morgan fingerprint density at radius 1 is 1.00 bits per heavy atom. The third-order valence-electron chi connectivity index (χ3n) is 5.30. The lowest BCUT2D eigenvalue weighted by Gasteiger charge is -2.13. The van der Waals surface area contributed by atoms with Crippen LogP contribution in [-0.2, 0) is 25.1 Å². The smallest absolute Gasteiger partial charge is 0.368 e. The van der Waals surface area contributed by atoms with Gasteiger partial charge in [0.2, 0.25) is 0 Å². The Bertz CT molecular complexity index is 1390. The lowest BCUT2D eigenvalue weighted by atomic mass is 10.1. The van der Waals surface area contributed by atoms with Gasteiger partial charge in [0.15, 0.2) is 0 Å². The van der Waals surface area contributed by atoms with Crippen LogP contribution in [0.3, 0.4) is 0 Å². The number of ether oxygens (including phenoxy) is 1. The molecule has 0 atom stereocenters. The van der Waals surface area contributed by atoms with E-state index in [1.807, 2.05) is 80.6 Å². The van der Waals surface area contributed by atoms with E-state index in [1.165, 1.54) is 9.36 Å². The minimum Gasteiger partial charge on any atom is -0.489 e. The van der Waals surface area contributed by atoms with Crippen LogP contribution in [-0.4, -0.2) is 25.5 Å². The van der Waals surface area contributed by atoms with Crippen molar-refractivity contribution in [1.82, 2.24) is 19.8 Å². The van der Waals surface area contributed by atoms with Gasteiger partial charge in [0, 0.05) is 23.2 Å². The average Bonchev–Trinajstić information content (AvgIpc) is 3.17. The average molecular weight is 478 g/mol. The summed E-state index contributed by atoms with van der Waals surface area (Å²) in [5.41, 5.74) is 4.63. The van der Waals surface area contributed by atoms with E-state index in [2.05, 4.69) is 15.6 Å². The first-order valence-corrected chi connectivity index (χ1v) is 11.0. The standard InChI is InChI=1S/C25H24ClN5O3/c1-17-14-19(18(2)27-34-16-20-8-4-6-10-22(20)26)12-13-24(17)33-15-21-9-5-7-11-23(21)31-25(32)30(3)28-29-31/h4-14H,15-16H2,1-3H3. The van der Waals surface area contributed by atoms with Crippen molar-refractivity contribution < 1.29 is 9.57 Å². The van der Waals surface area contributed by atoms with Crippen LogP contribution in [0.15, 0.2) is 76.7 Å². The highest BCUT2D eigenvalue weighted by molar-refractivity contribution is 6.31. The minimum absolute atomic E-state index is 0.271. The Labute approximate surface area is 202 Å². The topological polar surface area (TPSA) is 83.5 Å². The number of nitrogens with zero attached hydrogens (tertiary/aromatic N) is 5. The Morgan fingerprint density at radius 3 is 2.44 bits per heavy atom. The molecule has 0 aliphatic carbocycles. The Kier molecular flexibility index (Phi) is 7.08. The van der Waals surface area contributed by atoms with Crippen LogP contribution in [0.1, 0.15) is 29.2 Å². The van der Waals surface area contributed by atoms with Gasteiger partial charge in [-0.05, 0) is 65.7 Å². The zero-order valence-electron chi connectivity index (χ0n) is 19.1. The molecule has 8 nitrogen and oxygen atoms in total. The molecule has 0 bridgehead atoms. The summed E-state index contributed by atoms with van der Waals surface area (Å²) in [4.78, 5) is 17.7. The maximum absolute atomic E-state index is 12.3. The zero-order valence-corrected chi connectivity index (χ0v) is 19.9. The van der Waals surface area contributed by atoms with Crippen LogP contribution in [0.4, 0.5) is 0 Å². The maximum atomic E-state index is 12.3. The van der Waals surface area contributed by atoms with Gasteiger partial charge < -0.3 is 9.57 Å². The van der Waals surface area contributed by atoms with Crippen LogP contribution in [0.2, 0.25) is 5.02 Å². The van der Waals surface area contributed by atoms with Crippen molar-refractivity contribution >= 4 is 17.3 Å². The third kappa shape index (κ3) is 5.18. The molecule has 0 aliphatic heterocycles. The van der Waals surface area contributed by atoms with E-state index in [1.54, 1.807) is 7.05 Å². The lowest BCUT2D eigenvalue weighted by Crippen LogP contribution is -2.23. The molecule has 4 rings (SSSR count). The molecule has 0 radical (unpaired) electrons. The van der Waals surface area contributed by atoms with Gasteiger partial charge >= 0.3 is 5.69 Å². The Morgan fingerprint density at radius 2 is 1.74 bits per heavy atom. The minimum atomic E-state index is -0.320. The van der Waals surface area contributed by atoms with E-state index < -0.39 is 0 Å². The molecule has 0 unspecified atom stereocenters. The fourth-order valence-corrected chi connectivity index (χ4v) is 3.55. The summed E-state index contributed by atoms with van der Waals surface area (Å²) in [6.45, 7) is 4.42. The summed E-state index contributed by atoms with van der Waals surface area (Å²) in [6, 6.07) is 20.8. The van der Waals surface area contributed by atoms with Gasteiger partial charge in [-0.3, -0.25) is 0 Å². The fraction of sp³-hybridized carbons (Fsp3) is 0.200. The first-order chi connectivity index (χ1) is 16.4. The van der Waals surface area contributed by atoms with Gasteiger partial charge in [-0.2, -0.15) is 9.36 Å².